The Bertz CT molecular complexity index is 71.5. The molecule has 0 saturated carbocycles. The van der Waals surface area contributed by atoms with E-state index >= 15 is 0 Å². The molecule has 0 amide bonds. The fourth-order valence-electron chi connectivity index (χ4n) is 0.500. The molecule has 0 aromatic rings. The van der Waals surface area contributed by atoms with E-state index in [0.29, 0.717) is 0 Å². The van der Waals surface area contributed by atoms with Crippen LogP contribution in [0.25, 0.3) is 0 Å². The maximum absolute atomic E-state index is 9.13. The van der Waals surface area contributed by atoms with Crippen LogP contribution in [-0.2, 0) is 23.6 Å². The molecule has 0 unspecified atom stereocenters. The number of hydrogen-bond acceptors (Lipinski definition) is 2. The quantitative estimate of drug-likeness (QED) is 0.741. The second-order valence-corrected chi connectivity index (χ2v) is 7.98. The predicted octanol–water partition coefficient (Wildman–Crippen LogP) is 0.946. The van der Waals surface area contributed by atoms with Gasteiger partial charge < -0.3 is 8.91 Å². The fourth-order valence-corrected chi connectivity index (χ4v) is 4.50. The van der Waals surface area contributed by atoms with Crippen molar-refractivity contribution in [2.45, 2.75) is 26.2 Å². The Labute approximate surface area is 72.4 Å². The molecule has 1 N–H and O–H groups in total. The molecular weight excluding hydrogens is 239 g/mol. The van der Waals surface area contributed by atoms with E-state index in [4.69, 9.17) is 8.91 Å². The van der Waals surface area contributed by atoms with Crippen LogP contribution in [0.15, 0.2) is 0 Å². The van der Waals surface area contributed by atoms with E-state index in [1.54, 1.807) is 13.1 Å². The van der Waals surface area contributed by atoms with Crippen molar-refractivity contribution in [3.05, 3.63) is 0 Å². The molecule has 0 atom stereocenters. The van der Waals surface area contributed by atoms with Gasteiger partial charge in [0.05, 0.1) is 0 Å². The van der Waals surface area contributed by atoms with Crippen molar-refractivity contribution in [1.82, 2.24) is 0 Å². The maximum Gasteiger partial charge on any atom is 0.318 e. The van der Waals surface area contributed by atoms with Crippen molar-refractivity contribution in [2.75, 3.05) is 0 Å². The maximum atomic E-state index is 9.13. The Kier molecular flexibility index (Phi) is 6.66. The van der Waals surface area contributed by atoms with Gasteiger partial charge in [0.25, 0.3) is 0 Å². The van der Waals surface area contributed by atoms with E-state index < -0.39 is 17.6 Å². The van der Waals surface area contributed by atoms with Crippen LogP contribution in [0, 0.1) is 0 Å². The first kappa shape index (κ1) is 12.6. The molecule has 0 heterocycles. The zero-order valence-corrected chi connectivity index (χ0v) is 9.83. The zero-order valence-electron chi connectivity index (χ0n) is 6.19. The standard InChI is InChI=1S/C4H13O2Si2.Rh/c1-7(2)6-8(3,4)5;/h5H,1-4H3;. The second kappa shape index (κ2) is 4.74. The van der Waals surface area contributed by atoms with Crippen LogP contribution in [0.2, 0.25) is 26.2 Å². The van der Waals surface area contributed by atoms with Crippen molar-refractivity contribution in [2.24, 2.45) is 0 Å². The van der Waals surface area contributed by atoms with Gasteiger partial charge in [-0.1, -0.05) is 0 Å². The van der Waals surface area contributed by atoms with Crippen LogP contribution in [0.4, 0.5) is 0 Å². The van der Waals surface area contributed by atoms with E-state index in [1.807, 2.05) is 13.1 Å². The van der Waals surface area contributed by atoms with Crippen molar-refractivity contribution in [3.8, 4) is 0 Å². The van der Waals surface area contributed by atoms with Gasteiger partial charge in [-0.15, -0.1) is 0 Å². The van der Waals surface area contributed by atoms with Crippen LogP contribution in [0.5, 0.6) is 0 Å². The Balaban J connectivity index is 0. The summed E-state index contributed by atoms with van der Waals surface area (Å²) in [6, 6.07) is 0. The van der Waals surface area contributed by atoms with Crippen LogP contribution < -0.4 is 0 Å². The van der Waals surface area contributed by atoms with Crippen LogP contribution in [-0.4, -0.2) is 22.4 Å². The SMILES string of the molecule is C[Si](C)O[Si](C)(C)O.[Rh]. The van der Waals surface area contributed by atoms with E-state index in [2.05, 4.69) is 0 Å². The molecule has 0 saturated heterocycles. The van der Waals surface area contributed by atoms with Crippen LogP contribution >= 0.6 is 0 Å². The third kappa shape index (κ3) is 12.2. The van der Waals surface area contributed by atoms with Gasteiger partial charge in [-0.05, 0) is 26.2 Å². The number of rotatable bonds is 2. The smallest absolute Gasteiger partial charge is 0.318 e. The Morgan fingerprint density at radius 2 is 1.67 bits per heavy atom. The van der Waals surface area contributed by atoms with E-state index in [1.165, 1.54) is 0 Å². The third-order valence-electron chi connectivity index (χ3n) is 0.454. The van der Waals surface area contributed by atoms with Crippen molar-refractivity contribution < 1.29 is 28.4 Å². The Morgan fingerprint density at radius 1 is 1.33 bits per heavy atom. The van der Waals surface area contributed by atoms with Gasteiger partial charge in [0, 0.05) is 19.5 Å². The molecule has 58 valence electrons. The van der Waals surface area contributed by atoms with Crippen molar-refractivity contribution in [3.63, 3.8) is 0 Å². The van der Waals surface area contributed by atoms with Crippen molar-refractivity contribution >= 4 is 17.6 Å². The Hall–Kier alpha value is 0.977. The summed E-state index contributed by atoms with van der Waals surface area (Å²) in [6.07, 6.45) is 0. The predicted molar refractivity (Wildman–Crippen MR) is 38.3 cm³/mol. The van der Waals surface area contributed by atoms with Crippen LogP contribution in [0.1, 0.15) is 0 Å². The minimum atomic E-state index is -2.18. The van der Waals surface area contributed by atoms with Gasteiger partial charge in [0.2, 0.25) is 0 Å². The molecular formula is C4H13O2RhSi2. The molecule has 0 aliphatic rings. The summed E-state index contributed by atoms with van der Waals surface area (Å²) in [5.41, 5.74) is 0. The second-order valence-electron chi connectivity index (χ2n) is 2.46. The normalized spacial score (nSPS) is 11.3. The van der Waals surface area contributed by atoms with Gasteiger partial charge in [-0.2, -0.15) is 0 Å². The van der Waals surface area contributed by atoms with Gasteiger partial charge >= 0.3 is 8.56 Å². The molecule has 0 aromatic carbocycles. The van der Waals surface area contributed by atoms with E-state index in [-0.39, 0.29) is 19.5 Å². The van der Waals surface area contributed by atoms with Crippen LogP contribution in [0.3, 0.4) is 0 Å². The summed E-state index contributed by atoms with van der Waals surface area (Å²) in [5.74, 6) is 0. The summed E-state index contributed by atoms with van der Waals surface area (Å²) in [7, 11) is -2.86. The number of hydrogen-bond donors (Lipinski definition) is 1. The molecule has 2 nitrogen and oxygen atoms in total. The zero-order chi connectivity index (χ0) is 6.78. The first-order valence-electron chi connectivity index (χ1n) is 2.63. The average Bonchev–Trinajstić information content (AvgIpc) is 1.21. The summed E-state index contributed by atoms with van der Waals surface area (Å²) >= 11 is 0. The first-order chi connectivity index (χ1) is 3.42. The molecule has 0 aliphatic heterocycles. The van der Waals surface area contributed by atoms with Gasteiger partial charge in [0.15, 0.2) is 9.04 Å². The van der Waals surface area contributed by atoms with Gasteiger partial charge in [-0.25, -0.2) is 0 Å². The fraction of sp³-hybridized carbons (Fsp3) is 1.00. The van der Waals surface area contributed by atoms with E-state index in [0.717, 1.165) is 0 Å². The minimum Gasteiger partial charge on any atom is -0.436 e. The largest absolute Gasteiger partial charge is 0.436 e. The van der Waals surface area contributed by atoms with Gasteiger partial charge in [0.1, 0.15) is 0 Å². The summed E-state index contributed by atoms with van der Waals surface area (Å²) in [5, 5.41) is 0. The monoisotopic (exact) mass is 252 g/mol. The molecule has 0 spiro atoms. The van der Waals surface area contributed by atoms with E-state index in [9.17, 15) is 0 Å². The molecule has 0 rings (SSSR count). The van der Waals surface area contributed by atoms with Gasteiger partial charge in [-0.3, -0.25) is 0 Å². The summed E-state index contributed by atoms with van der Waals surface area (Å²) < 4.78 is 5.23. The first-order valence-corrected chi connectivity index (χ1v) is 7.90. The summed E-state index contributed by atoms with van der Waals surface area (Å²) in [4.78, 5) is 9.13. The molecule has 5 heteroatoms. The Morgan fingerprint density at radius 3 is 1.67 bits per heavy atom. The third-order valence-corrected chi connectivity index (χ3v) is 4.09. The molecule has 0 aromatic heterocycles. The average molecular weight is 252 g/mol. The molecule has 0 bridgehead atoms. The molecule has 9 heavy (non-hydrogen) atoms. The minimum absolute atomic E-state index is 0. The molecule has 0 fully saturated rings. The molecule has 0 aliphatic carbocycles. The van der Waals surface area contributed by atoms with Crippen molar-refractivity contribution in [1.29, 1.82) is 0 Å². The topological polar surface area (TPSA) is 29.5 Å². The molecule has 2 radical (unpaired) electrons. The summed E-state index contributed by atoms with van der Waals surface area (Å²) in [6.45, 7) is 7.61.